The van der Waals surface area contributed by atoms with Crippen molar-refractivity contribution in [1.29, 1.82) is 0 Å². The van der Waals surface area contributed by atoms with E-state index in [2.05, 4.69) is 5.32 Å². The molecule has 0 bridgehead atoms. The molecule has 0 radical (unpaired) electrons. The Morgan fingerprint density at radius 3 is 2.52 bits per heavy atom. The van der Waals surface area contributed by atoms with E-state index in [-0.39, 0.29) is 24.4 Å². The highest BCUT2D eigenvalue weighted by Crippen LogP contribution is 2.31. The zero-order chi connectivity index (χ0) is 14.8. The number of amides is 1. The first-order valence-corrected chi connectivity index (χ1v) is 7.60. The number of halogens is 2. The summed E-state index contributed by atoms with van der Waals surface area (Å²) in [5.41, 5.74) is 0.394. The van der Waals surface area contributed by atoms with E-state index in [1.165, 1.54) is 12.1 Å². The summed E-state index contributed by atoms with van der Waals surface area (Å²) in [6, 6.07) is 3.81. The highest BCUT2D eigenvalue weighted by Gasteiger charge is 2.36. The third-order valence-electron chi connectivity index (χ3n) is 4.31. The van der Waals surface area contributed by atoms with Gasteiger partial charge in [0.25, 0.3) is 0 Å². The smallest absolute Gasteiger partial charge is 0.226 e. The van der Waals surface area contributed by atoms with Crippen LogP contribution >= 0.6 is 0 Å². The average molecular weight is 294 g/mol. The third kappa shape index (κ3) is 3.40. The van der Waals surface area contributed by atoms with Crippen molar-refractivity contribution in [3.8, 4) is 0 Å². The molecule has 5 heteroatoms. The van der Waals surface area contributed by atoms with Crippen molar-refractivity contribution in [3.05, 3.63) is 35.4 Å². The monoisotopic (exact) mass is 294 g/mol. The molecule has 1 amide bonds. The molecule has 0 atom stereocenters. The van der Waals surface area contributed by atoms with Gasteiger partial charge in [0, 0.05) is 30.1 Å². The predicted molar refractivity (Wildman–Crippen MR) is 75.5 cm³/mol. The lowest BCUT2D eigenvalue weighted by molar-refractivity contribution is -0.137. The number of hydrogen-bond acceptors (Lipinski definition) is 2. The number of benzene rings is 1. The molecule has 3 rings (SSSR count). The van der Waals surface area contributed by atoms with Crippen LogP contribution in [0.25, 0.3) is 0 Å². The van der Waals surface area contributed by atoms with Crippen LogP contribution in [0.2, 0.25) is 0 Å². The Hall–Kier alpha value is -1.49. The van der Waals surface area contributed by atoms with Gasteiger partial charge in [-0.3, -0.25) is 4.79 Å². The number of carbonyl (C=O) groups is 1. The summed E-state index contributed by atoms with van der Waals surface area (Å²) in [6.07, 6.45) is 3.65. The molecule has 1 aromatic carbocycles. The van der Waals surface area contributed by atoms with Crippen LogP contribution in [-0.4, -0.2) is 29.9 Å². The molecule has 1 saturated carbocycles. The highest BCUT2D eigenvalue weighted by molar-refractivity contribution is 5.79. The molecule has 1 heterocycles. The van der Waals surface area contributed by atoms with Gasteiger partial charge in [-0.15, -0.1) is 0 Å². The SMILES string of the molecule is O=C(C1CCNCC1)N(Cc1ccc(F)cc1F)C1CC1. The van der Waals surface area contributed by atoms with Crippen LogP contribution in [0, 0.1) is 17.6 Å². The van der Waals surface area contributed by atoms with Gasteiger partial charge >= 0.3 is 0 Å². The Kier molecular flexibility index (Phi) is 4.19. The lowest BCUT2D eigenvalue weighted by Gasteiger charge is -2.30. The molecule has 2 aliphatic rings. The van der Waals surface area contributed by atoms with Crippen molar-refractivity contribution in [2.45, 2.75) is 38.3 Å². The normalized spacial score (nSPS) is 19.5. The fraction of sp³-hybridized carbons (Fsp3) is 0.562. The van der Waals surface area contributed by atoms with Gasteiger partial charge in [-0.25, -0.2) is 8.78 Å². The third-order valence-corrected chi connectivity index (χ3v) is 4.31. The van der Waals surface area contributed by atoms with Crippen molar-refractivity contribution in [2.75, 3.05) is 13.1 Å². The second-order valence-corrected chi connectivity index (χ2v) is 5.96. The van der Waals surface area contributed by atoms with Gasteiger partial charge in [-0.1, -0.05) is 6.07 Å². The van der Waals surface area contributed by atoms with Gasteiger partial charge in [0.2, 0.25) is 5.91 Å². The molecule has 114 valence electrons. The molecular formula is C16H20F2N2O. The Morgan fingerprint density at radius 2 is 1.90 bits per heavy atom. The quantitative estimate of drug-likeness (QED) is 0.925. The van der Waals surface area contributed by atoms with Crippen LogP contribution in [0.4, 0.5) is 8.78 Å². The Morgan fingerprint density at radius 1 is 1.19 bits per heavy atom. The second kappa shape index (κ2) is 6.10. The fourth-order valence-corrected chi connectivity index (χ4v) is 2.91. The number of hydrogen-bond donors (Lipinski definition) is 1. The minimum absolute atomic E-state index is 0.0374. The number of carbonyl (C=O) groups excluding carboxylic acids is 1. The first-order valence-electron chi connectivity index (χ1n) is 7.60. The van der Waals surface area contributed by atoms with E-state index in [1.54, 1.807) is 4.90 Å². The van der Waals surface area contributed by atoms with Crippen molar-refractivity contribution in [1.82, 2.24) is 10.2 Å². The van der Waals surface area contributed by atoms with Crippen LogP contribution in [-0.2, 0) is 11.3 Å². The van der Waals surface area contributed by atoms with E-state index in [0.717, 1.165) is 44.8 Å². The first-order chi connectivity index (χ1) is 10.1. The summed E-state index contributed by atoms with van der Waals surface area (Å²) in [6.45, 7) is 1.97. The molecule has 1 N–H and O–H groups in total. The molecule has 1 aliphatic heterocycles. The summed E-state index contributed by atoms with van der Waals surface area (Å²) >= 11 is 0. The van der Waals surface area contributed by atoms with Crippen molar-refractivity contribution in [2.24, 2.45) is 5.92 Å². The summed E-state index contributed by atoms with van der Waals surface area (Å²) in [7, 11) is 0. The van der Waals surface area contributed by atoms with Gasteiger partial charge in [-0.2, -0.15) is 0 Å². The maximum atomic E-state index is 13.8. The number of nitrogens with one attached hydrogen (secondary N) is 1. The number of nitrogens with zero attached hydrogens (tertiary/aromatic N) is 1. The highest BCUT2D eigenvalue weighted by atomic mass is 19.1. The van der Waals surface area contributed by atoms with Gasteiger partial charge in [-0.05, 0) is 44.8 Å². The van der Waals surface area contributed by atoms with Crippen molar-refractivity contribution < 1.29 is 13.6 Å². The molecule has 0 unspecified atom stereocenters. The Balaban J connectivity index is 1.73. The molecule has 1 aromatic rings. The molecule has 2 fully saturated rings. The van der Waals surface area contributed by atoms with Crippen LogP contribution in [0.15, 0.2) is 18.2 Å². The van der Waals surface area contributed by atoms with Gasteiger partial charge in [0.15, 0.2) is 0 Å². The molecule has 1 aliphatic carbocycles. The van der Waals surface area contributed by atoms with Crippen LogP contribution in [0.5, 0.6) is 0 Å². The molecule has 21 heavy (non-hydrogen) atoms. The summed E-state index contributed by atoms with van der Waals surface area (Å²) in [5, 5.41) is 3.25. The van der Waals surface area contributed by atoms with Crippen LogP contribution in [0.1, 0.15) is 31.2 Å². The van der Waals surface area contributed by atoms with Crippen LogP contribution in [0.3, 0.4) is 0 Å². The lowest BCUT2D eigenvalue weighted by atomic mass is 9.96. The lowest BCUT2D eigenvalue weighted by Crippen LogP contribution is -2.41. The average Bonchev–Trinajstić information content (AvgIpc) is 3.31. The number of piperidine rings is 1. The zero-order valence-electron chi connectivity index (χ0n) is 11.9. The summed E-state index contributed by atoms with van der Waals surface area (Å²) in [4.78, 5) is 14.5. The number of rotatable bonds is 4. The predicted octanol–water partition coefficient (Wildman–Crippen LogP) is 2.46. The van der Waals surface area contributed by atoms with E-state index in [9.17, 15) is 13.6 Å². The maximum Gasteiger partial charge on any atom is 0.226 e. The Labute approximate surface area is 123 Å². The first kappa shape index (κ1) is 14.4. The zero-order valence-corrected chi connectivity index (χ0v) is 11.9. The molecule has 3 nitrogen and oxygen atoms in total. The maximum absolute atomic E-state index is 13.8. The Bertz CT molecular complexity index is 525. The van der Waals surface area contributed by atoms with E-state index in [4.69, 9.17) is 0 Å². The fourth-order valence-electron chi connectivity index (χ4n) is 2.91. The van der Waals surface area contributed by atoms with E-state index >= 15 is 0 Å². The second-order valence-electron chi connectivity index (χ2n) is 5.96. The topological polar surface area (TPSA) is 32.3 Å². The van der Waals surface area contributed by atoms with Crippen molar-refractivity contribution in [3.63, 3.8) is 0 Å². The summed E-state index contributed by atoms with van der Waals surface area (Å²) < 4.78 is 26.8. The van der Waals surface area contributed by atoms with Gasteiger partial charge in [0.05, 0.1) is 0 Å². The van der Waals surface area contributed by atoms with Gasteiger partial charge < -0.3 is 10.2 Å². The standard InChI is InChI=1S/C16H20F2N2O/c17-13-2-1-12(15(18)9-13)10-20(14-3-4-14)16(21)11-5-7-19-8-6-11/h1-2,9,11,14,19H,3-8,10H2. The van der Waals surface area contributed by atoms with E-state index < -0.39 is 11.6 Å². The molecule has 0 aromatic heterocycles. The molecule has 0 spiro atoms. The minimum Gasteiger partial charge on any atom is -0.335 e. The minimum atomic E-state index is -0.584. The van der Waals surface area contributed by atoms with E-state index in [1.807, 2.05) is 0 Å². The summed E-state index contributed by atoms with van der Waals surface area (Å²) in [5.74, 6) is -0.990. The van der Waals surface area contributed by atoms with Crippen LogP contribution < -0.4 is 5.32 Å². The van der Waals surface area contributed by atoms with Gasteiger partial charge in [0.1, 0.15) is 11.6 Å². The molecule has 1 saturated heterocycles. The molecular weight excluding hydrogens is 274 g/mol. The largest absolute Gasteiger partial charge is 0.335 e. The van der Waals surface area contributed by atoms with Crippen molar-refractivity contribution >= 4 is 5.91 Å². The van der Waals surface area contributed by atoms with E-state index in [0.29, 0.717) is 5.56 Å².